The zero-order chi connectivity index (χ0) is 13.1. The van der Waals surface area contributed by atoms with Gasteiger partial charge in [0.1, 0.15) is 5.82 Å². The zero-order valence-corrected chi connectivity index (χ0v) is 12.2. The van der Waals surface area contributed by atoms with Crippen molar-refractivity contribution in [3.8, 4) is 0 Å². The van der Waals surface area contributed by atoms with Crippen LogP contribution >= 0.6 is 15.9 Å². The van der Waals surface area contributed by atoms with Gasteiger partial charge in [-0.3, -0.25) is 0 Å². The van der Waals surface area contributed by atoms with Gasteiger partial charge >= 0.3 is 0 Å². The van der Waals surface area contributed by atoms with Crippen molar-refractivity contribution in [1.82, 2.24) is 9.55 Å². The second-order valence-electron chi connectivity index (χ2n) is 4.30. The van der Waals surface area contributed by atoms with E-state index in [1.807, 2.05) is 24.0 Å². The van der Waals surface area contributed by atoms with Crippen molar-refractivity contribution in [1.29, 1.82) is 0 Å². The standard InChI is InChI=1S/C13H17BrN4/c1-17-6-5-16-13(17)9-18(2)12-4-3-10(8-15)7-11(12)14/h3-7H,8-9,15H2,1-2H3. The number of rotatable bonds is 4. The lowest BCUT2D eigenvalue weighted by molar-refractivity contribution is 0.761. The van der Waals surface area contributed by atoms with Crippen LogP contribution in [0.25, 0.3) is 0 Å². The molecule has 18 heavy (non-hydrogen) atoms. The molecule has 2 aromatic rings. The number of benzene rings is 1. The lowest BCUT2D eigenvalue weighted by atomic mass is 10.2. The van der Waals surface area contributed by atoms with E-state index in [1.54, 1.807) is 0 Å². The van der Waals surface area contributed by atoms with Crippen molar-refractivity contribution in [2.45, 2.75) is 13.1 Å². The molecule has 2 rings (SSSR count). The molecule has 4 nitrogen and oxygen atoms in total. The lowest BCUT2D eigenvalue weighted by Crippen LogP contribution is -2.19. The molecule has 0 aliphatic rings. The summed E-state index contributed by atoms with van der Waals surface area (Å²) < 4.78 is 3.08. The smallest absolute Gasteiger partial charge is 0.127 e. The molecule has 1 heterocycles. The van der Waals surface area contributed by atoms with Gasteiger partial charge in [-0.1, -0.05) is 6.07 Å². The number of hydrogen-bond acceptors (Lipinski definition) is 3. The number of anilines is 1. The van der Waals surface area contributed by atoms with Crippen LogP contribution in [0, 0.1) is 0 Å². The summed E-state index contributed by atoms with van der Waals surface area (Å²) in [5.41, 5.74) is 7.88. The maximum atomic E-state index is 5.63. The molecule has 0 fully saturated rings. The molecular weight excluding hydrogens is 292 g/mol. The monoisotopic (exact) mass is 308 g/mol. The molecule has 0 atom stereocenters. The van der Waals surface area contributed by atoms with Crippen molar-refractivity contribution in [3.05, 3.63) is 46.5 Å². The minimum atomic E-state index is 0.558. The largest absolute Gasteiger partial charge is 0.366 e. The topological polar surface area (TPSA) is 47.1 Å². The molecule has 0 saturated heterocycles. The highest BCUT2D eigenvalue weighted by Crippen LogP contribution is 2.27. The van der Waals surface area contributed by atoms with Gasteiger partial charge < -0.3 is 15.2 Å². The third-order valence-electron chi connectivity index (χ3n) is 2.96. The quantitative estimate of drug-likeness (QED) is 0.942. The molecule has 0 unspecified atom stereocenters. The van der Waals surface area contributed by atoms with E-state index in [2.05, 4.69) is 51.1 Å². The highest BCUT2D eigenvalue weighted by Gasteiger charge is 2.09. The second kappa shape index (κ2) is 5.54. The van der Waals surface area contributed by atoms with Gasteiger partial charge in [0.15, 0.2) is 0 Å². The predicted molar refractivity (Wildman–Crippen MR) is 77.3 cm³/mol. The minimum absolute atomic E-state index is 0.558. The maximum absolute atomic E-state index is 5.63. The molecule has 0 aliphatic heterocycles. The summed E-state index contributed by atoms with van der Waals surface area (Å²) in [5.74, 6) is 1.03. The van der Waals surface area contributed by atoms with Gasteiger partial charge in [0.2, 0.25) is 0 Å². The SMILES string of the molecule is CN(Cc1nccn1C)c1ccc(CN)cc1Br. The first-order valence-corrected chi connectivity index (χ1v) is 6.57. The van der Waals surface area contributed by atoms with Gasteiger partial charge in [-0.15, -0.1) is 0 Å². The third-order valence-corrected chi connectivity index (χ3v) is 3.59. The number of aryl methyl sites for hydroxylation is 1. The molecule has 0 radical (unpaired) electrons. The normalized spacial score (nSPS) is 10.7. The summed E-state index contributed by atoms with van der Waals surface area (Å²) in [6, 6.07) is 6.19. The first-order valence-electron chi connectivity index (χ1n) is 5.77. The van der Waals surface area contributed by atoms with Crippen LogP contribution in [0.2, 0.25) is 0 Å². The van der Waals surface area contributed by atoms with Crippen molar-refractivity contribution in [2.75, 3.05) is 11.9 Å². The number of nitrogens with two attached hydrogens (primary N) is 1. The molecule has 0 aliphatic carbocycles. The van der Waals surface area contributed by atoms with Crippen LogP contribution in [0.1, 0.15) is 11.4 Å². The molecule has 5 heteroatoms. The predicted octanol–water partition coefficient (Wildman–Crippen LogP) is 2.28. The third kappa shape index (κ3) is 2.73. The molecule has 1 aromatic heterocycles. The Kier molecular flexibility index (Phi) is 4.04. The Hall–Kier alpha value is -1.33. The van der Waals surface area contributed by atoms with Crippen LogP contribution in [0.5, 0.6) is 0 Å². The fourth-order valence-corrected chi connectivity index (χ4v) is 2.56. The van der Waals surface area contributed by atoms with Crippen molar-refractivity contribution < 1.29 is 0 Å². The van der Waals surface area contributed by atoms with Crippen LogP contribution in [0.15, 0.2) is 35.1 Å². The fraction of sp³-hybridized carbons (Fsp3) is 0.308. The van der Waals surface area contributed by atoms with E-state index in [4.69, 9.17) is 5.73 Å². The fourth-order valence-electron chi connectivity index (χ4n) is 1.83. The number of aromatic nitrogens is 2. The van der Waals surface area contributed by atoms with Gasteiger partial charge in [-0.05, 0) is 33.6 Å². The molecule has 0 spiro atoms. The molecule has 96 valence electrons. The molecule has 0 bridgehead atoms. The Morgan fingerprint density at radius 3 is 2.78 bits per heavy atom. The van der Waals surface area contributed by atoms with Crippen molar-refractivity contribution >= 4 is 21.6 Å². The summed E-state index contributed by atoms with van der Waals surface area (Å²) >= 11 is 3.59. The summed E-state index contributed by atoms with van der Waals surface area (Å²) in [7, 11) is 4.06. The first-order chi connectivity index (χ1) is 8.61. The Labute approximate surface area is 116 Å². The maximum Gasteiger partial charge on any atom is 0.127 e. The number of halogens is 1. The average molecular weight is 309 g/mol. The summed E-state index contributed by atoms with van der Waals surface area (Å²) in [5, 5.41) is 0. The van der Waals surface area contributed by atoms with Crippen LogP contribution in [-0.4, -0.2) is 16.6 Å². The van der Waals surface area contributed by atoms with E-state index < -0.39 is 0 Å². The van der Waals surface area contributed by atoms with Crippen LogP contribution in [0.3, 0.4) is 0 Å². The van der Waals surface area contributed by atoms with Crippen molar-refractivity contribution in [3.63, 3.8) is 0 Å². The van der Waals surface area contributed by atoms with Crippen LogP contribution < -0.4 is 10.6 Å². The van der Waals surface area contributed by atoms with Crippen molar-refractivity contribution in [2.24, 2.45) is 12.8 Å². The minimum Gasteiger partial charge on any atom is -0.366 e. The lowest BCUT2D eigenvalue weighted by Gasteiger charge is -2.20. The molecule has 0 amide bonds. The van der Waals surface area contributed by atoms with Gasteiger partial charge in [0.05, 0.1) is 12.2 Å². The van der Waals surface area contributed by atoms with Crippen LogP contribution in [0.4, 0.5) is 5.69 Å². The van der Waals surface area contributed by atoms with E-state index in [0.717, 1.165) is 28.1 Å². The first kappa shape index (κ1) is 13.1. The second-order valence-corrected chi connectivity index (χ2v) is 5.15. The summed E-state index contributed by atoms with van der Waals surface area (Å²) in [6.07, 6.45) is 3.77. The van der Waals surface area contributed by atoms with Gasteiger partial charge in [0.25, 0.3) is 0 Å². The van der Waals surface area contributed by atoms with E-state index in [0.29, 0.717) is 6.54 Å². The number of imidazole rings is 1. The zero-order valence-electron chi connectivity index (χ0n) is 10.6. The van der Waals surface area contributed by atoms with Gasteiger partial charge in [0, 0.05) is 37.5 Å². The number of hydrogen-bond donors (Lipinski definition) is 1. The molecule has 0 saturated carbocycles. The highest BCUT2D eigenvalue weighted by molar-refractivity contribution is 9.10. The Morgan fingerprint density at radius 2 is 2.22 bits per heavy atom. The Bertz CT molecular complexity index is 536. The van der Waals surface area contributed by atoms with E-state index >= 15 is 0 Å². The molecular formula is C13H17BrN4. The average Bonchev–Trinajstić information content (AvgIpc) is 2.74. The Balaban J connectivity index is 2.19. The van der Waals surface area contributed by atoms with E-state index in [9.17, 15) is 0 Å². The highest BCUT2D eigenvalue weighted by atomic mass is 79.9. The van der Waals surface area contributed by atoms with E-state index in [-0.39, 0.29) is 0 Å². The summed E-state index contributed by atoms with van der Waals surface area (Å²) in [6.45, 7) is 1.33. The molecule has 2 N–H and O–H groups in total. The summed E-state index contributed by atoms with van der Waals surface area (Å²) in [4.78, 5) is 6.49. The van der Waals surface area contributed by atoms with E-state index in [1.165, 1.54) is 0 Å². The van der Waals surface area contributed by atoms with Gasteiger partial charge in [-0.25, -0.2) is 4.98 Å². The Morgan fingerprint density at radius 1 is 1.44 bits per heavy atom. The molecule has 1 aromatic carbocycles. The number of nitrogens with zero attached hydrogens (tertiary/aromatic N) is 3. The van der Waals surface area contributed by atoms with Gasteiger partial charge in [-0.2, -0.15) is 0 Å². The van der Waals surface area contributed by atoms with Crippen LogP contribution in [-0.2, 0) is 20.1 Å².